The molecule has 0 bridgehead atoms. The van der Waals surface area contributed by atoms with Crippen LogP contribution in [0.3, 0.4) is 0 Å². The number of ether oxygens (including phenoxy) is 1. The number of likely N-dealkylation sites (N-methyl/N-ethyl adjacent to an activating group) is 1. The standard InChI is InChI=1S/C21H20N2O3S/c1-2-23(14-16-8-4-3-5-9-16)20(24)15-26-21(25)13-12-19-22-17-10-6-7-11-18(17)27-19/h3-13H,2,14-15H2,1H3/b13-12+. The first kappa shape index (κ1) is 18.8. The molecule has 5 nitrogen and oxygen atoms in total. The summed E-state index contributed by atoms with van der Waals surface area (Å²) in [7, 11) is 0. The van der Waals surface area contributed by atoms with Crippen molar-refractivity contribution < 1.29 is 14.3 Å². The molecule has 0 saturated heterocycles. The van der Waals surface area contributed by atoms with E-state index in [0.29, 0.717) is 13.1 Å². The molecule has 0 aliphatic carbocycles. The van der Waals surface area contributed by atoms with Gasteiger partial charge in [-0.1, -0.05) is 42.5 Å². The van der Waals surface area contributed by atoms with Crippen molar-refractivity contribution in [3.8, 4) is 0 Å². The van der Waals surface area contributed by atoms with Crippen molar-refractivity contribution in [2.75, 3.05) is 13.2 Å². The molecule has 1 aromatic heterocycles. The molecule has 0 fully saturated rings. The molecule has 6 heteroatoms. The highest BCUT2D eigenvalue weighted by Gasteiger charge is 2.14. The number of nitrogens with zero attached hydrogens (tertiary/aromatic N) is 2. The van der Waals surface area contributed by atoms with Gasteiger partial charge in [0.2, 0.25) is 0 Å². The highest BCUT2D eigenvalue weighted by Crippen LogP contribution is 2.22. The van der Waals surface area contributed by atoms with Crippen LogP contribution in [0.25, 0.3) is 16.3 Å². The number of esters is 1. The van der Waals surface area contributed by atoms with Gasteiger partial charge in [0, 0.05) is 19.2 Å². The van der Waals surface area contributed by atoms with Crippen molar-refractivity contribution in [3.63, 3.8) is 0 Å². The third-order valence-corrected chi connectivity index (χ3v) is 4.96. The van der Waals surface area contributed by atoms with Gasteiger partial charge in [-0.3, -0.25) is 4.79 Å². The molecule has 2 aromatic carbocycles. The van der Waals surface area contributed by atoms with Gasteiger partial charge in [0.15, 0.2) is 6.61 Å². The molecule has 1 heterocycles. The second-order valence-electron chi connectivity index (χ2n) is 5.85. The second-order valence-corrected chi connectivity index (χ2v) is 6.92. The maximum Gasteiger partial charge on any atom is 0.331 e. The third-order valence-electron chi connectivity index (χ3n) is 3.96. The highest BCUT2D eigenvalue weighted by atomic mass is 32.1. The average molecular weight is 380 g/mol. The van der Waals surface area contributed by atoms with Crippen LogP contribution in [-0.2, 0) is 20.9 Å². The maximum absolute atomic E-state index is 12.3. The van der Waals surface area contributed by atoms with Crippen LogP contribution in [0, 0.1) is 0 Å². The van der Waals surface area contributed by atoms with Gasteiger partial charge < -0.3 is 9.64 Å². The largest absolute Gasteiger partial charge is 0.452 e. The Labute approximate surface area is 161 Å². The number of thiazole rings is 1. The van der Waals surface area contributed by atoms with Crippen molar-refractivity contribution in [1.82, 2.24) is 9.88 Å². The smallest absolute Gasteiger partial charge is 0.331 e. The number of hydrogen-bond donors (Lipinski definition) is 0. The number of carbonyl (C=O) groups is 2. The van der Waals surface area contributed by atoms with E-state index in [9.17, 15) is 9.59 Å². The molecule has 3 rings (SSSR count). The van der Waals surface area contributed by atoms with Gasteiger partial charge >= 0.3 is 5.97 Å². The summed E-state index contributed by atoms with van der Waals surface area (Å²) >= 11 is 1.49. The van der Waals surface area contributed by atoms with E-state index in [2.05, 4.69) is 4.98 Å². The van der Waals surface area contributed by atoms with Crippen molar-refractivity contribution in [2.24, 2.45) is 0 Å². The fraction of sp³-hybridized carbons (Fsp3) is 0.190. The van der Waals surface area contributed by atoms with E-state index in [0.717, 1.165) is 20.8 Å². The molecule has 3 aromatic rings. The molecule has 0 atom stereocenters. The summed E-state index contributed by atoms with van der Waals surface area (Å²) in [6.45, 7) is 2.67. The fourth-order valence-electron chi connectivity index (χ4n) is 2.55. The molecule has 138 valence electrons. The Hall–Kier alpha value is -2.99. The molecule has 0 saturated carbocycles. The lowest BCUT2D eigenvalue weighted by atomic mass is 10.2. The summed E-state index contributed by atoms with van der Waals surface area (Å²) in [6, 6.07) is 17.5. The Morgan fingerprint density at radius 2 is 1.85 bits per heavy atom. The van der Waals surface area contributed by atoms with Gasteiger partial charge in [-0.15, -0.1) is 11.3 Å². The molecule has 0 N–H and O–H groups in total. The molecular formula is C21H20N2O3S. The first-order chi connectivity index (χ1) is 13.2. The van der Waals surface area contributed by atoms with Crippen molar-refractivity contribution in [1.29, 1.82) is 0 Å². The average Bonchev–Trinajstić information content (AvgIpc) is 3.12. The third kappa shape index (κ3) is 5.24. The van der Waals surface area contributed by atoms with Crippen LogP contribution in [0.1, 0.15) is 17.5 Å². The number of amides is 1. The predicted molar refractivity (Wildman–Crippen MR) is 107 cm³/mol. The Balaban J connectivity index is 1.52. The Bertz CT molecular complexity index is 917. The number of benzene rings is 2. The second kappa shape index (κ2) is 9.09. The number of rotatable bonds is 7. The maximum atomic E-state index is 12.3. The summed E-state index contributed by atoms with van der Waals surface area (Å²) in [6.07, 6.45) is 2.91. The zero-order valence-electron chi connectivity index (χ0n) is 15.0. The lowest BCUT2D eigenvalue weighted by molar-refractivity contribution is -0.148. The van der Waals surface area contributed by atoms with Gasteiger partial charge in [-0.25, -0.2) is 9.78 Å². The molecular weight excluding hydrogens is 360 g/mol. The molecule has 0 radical (unpaired) electrons. The van der Waals surface area contributed by atoms with Crippen molar-refractivity contribution in [3.05, 3.63) is 71.2 Å². The first-order valence-electron chi connectivity index (χ1n) is 8.68. The van der Waals surface area contributed by atoms with E-state index in [1.807, 2.05) is 61.5 Å². The van der Waals surface area contributed by atoms with Gasteiger partial charge in [-0.2, -0.15) is 0 Å². The van der Waals surface area contributed by atoms with E-state index in [4.69, 9.17) is 4.74 Å². The van der Waals surface area contributed by atoms with Crippen LogP contribution in [0.4, 0.5) is 0 Å². The monoisotopic (exact) mass is 380 g/mol. The van der Waals surface area contributed by atoms with Crippen LogP contribution >= 0.6 is 11.3 Å². The van der Waals surface area contributed by atoms with E-state index in [1.54, 1.807) is 11.0 Å². The van der Waals surface area contributed by atoms with Crippen LogP contribution in [-0.4, -0.2) is 34.9 Å². The van der Waals surface area contributed by atoms with Crippen LogP contribution in [0.2, 0.25) is 0 Å². The number of carbonyl (C=O) groups excluding carboxylic acids is 2. The van der Waals surface area contributed by atoms with Gasteiger partial charge in [-0.05, 0) is 30.7 Å². The Kier molecular flexibility index (Phi) is 6.33. The Morgan fingerprint density at radius 1 is 1.11 bits per heavy atom. The Morgan fingerprint density at radius 3 is 2.59 bits per heavy atom. The number of fused-ring (bicyclic) bond motifs is 1. The first-order valence-corrected chi connectivity index (χ1v) is 9.49. The summed E-state index contributed by atoms with van der Waals surface area (Å²) in [4.78, 5) is 30.3. The quantitative estimate of drug-likeness (QED) is 0.461. The normalized spacial score (nSPS) is 11.0. The highest BCUT2D eigenvalue weighted by molar-refractivity contribution is 7.19. The minimum absolute atomic E-state index is 0.219. The molecule has 0 aliphatic heterocycles. The summed E-state index contributed by atoms with van der Waals surface area (Å²) in [5.41, 5.74) is 1.93. The summed E-state index contributed by atoms with van der Waals surface area (Å²) < 4.78 is 6.14. The minimum Gasteiger partial charge on any atom is -0.452 e. The number of hydrogen-bond acceptors (Lipinski definition) is 5. The van der Waals surface area contributed by atoms with E-state index >= 15 is 0 Å². The lowest BCUT2D eigenvalue weighted by Gasteiger charge is -2.20. The van der Waals surface area contributed by atoms with Gasteiger partial charge in [0.1, 0.15) is 5.01 Å². The van der Waals surface area contributed by atoms with E-state index in [-0.39, 0.29) is 12.5 Å². The van der Waals surface area contributed by atoms with Gasteiger partial charge in [0.05, 0.1) is 10.2 Å². The zero-order chi connectivity index (χ0) is 19.1. The summed E-state index contributed by atoms with van der Waals surface area (Å²) in [5, 5.41) is 0.721. The summed E-state index contributed by atoms with van der Waals surface area (Å²) in [5.74, 6) is -0.776. The topological polar surface area (TPSA) is 59.5 Å². The molecule has 0 spiro atoms. The molecule has 27 heavy (non-hydrogen) atoms. The predicted octanol–water partition coefficient (Wildman–Crippen LogP) is 3.90. The van der Waals surface area contributed by atoms with Crippen LogP contribution in [0.15, 0.2) is 60.7 Å². The van der Waals surface area contributed by atoms with Crippen molar-refractivity contribution >= 4 is 39.5 Å². The van der Waals surface area contributed by atoms with E-state index < -0.39 is 5.97 Å². The molecule has 0 aliphatic rings. The molecule has 1 amide bonds. The SMILES string of the molecule is CCN(Cc1ccccc1)C(=O)COC(=O)/C=C/c1nc2ccccc2s1. The molecule has 0 unspecified atom stereocenters. The fourth-order valence-corrected chi connectivity index (χ4v) is 3.42. The van der Waals surface area contributed by atoms with Crippen molar-refractivity contribution in [2.45, 2.75) is 13.5 Å². The zero-order valence-corrected chi connectivity index (χ0v) is 15.8. The van der Waals surface area contributed by atoms with Crippen LogP contribution in [0.5, 0.6) is 0 Å². The number of para-hydroxylation sites is 1. The van der Waals surface area contributed by atoms with Crippen LogP contribution < -0.4 is 0 Å². The minimum atomic E-state index is -0.557. The van der Waals surface area contributed by atoms with Gasteiger partial charge in [0.25, 0.3) is 5.91 Å². The number of aromatic nitrogens is 1. The lowest BCUT2D eigenvalue weighted by Crippen LogP contribution is -2.33. The van der Waals surface area contributed by atoms with E-state index in [1.165, 1.54) is 17.4 Å².